The van der Waals surface area contributed by atoms with Gasteiger partial charge in [0.2, 0.25) is 5.91 Å². The fraction of sp³-hybridized carbons (Fsp3) is 0.143. The zero-order chi connectivity index (χ0) is 22.7. The number of halogens is 3. The lowest BCUT2D eigenvalue weighted by Crippen LogP contribution is -2.19. The first-order valence-corrected chi connectivity index (χ1v) is 9.39. The zero-order valence-electron chi connectivity index (χ0n) is 16.7. The highest BCUT2D eigenvalue weighted by Gasteiger charge is 2.32. The number of carbonyl (C=O) groups excluding carboxylic acids is 1. The van der Waals surface area contributed by atoms with Crippen LogP contribution in [0.2, 0.25) is 0 Å². The maximum atomic E-state index is 12.9. The predicted molar refractivity (Wildman–Crippen MR) is 109 cm³/mol. The van der Waals surface area contributed by atoms with Gasteiger partial charge < -0.3 is 9.88 Å². The van der Waals surface area contributed by atoms with E-state index in [0.717, 1.165) is 17.8 Å². The summed E-state index contributed by atoms with van der Waals surface area (Å²) in [5, 5.41) is 2.68. The third kappa shape index (κ3) is 4.61. The molecule has 8 nitrogen and oxygen atoms in total. The van der Waals surface area contributed by atoms with Crippen LogP contribution >= 0.6 is 0 Å². The second kappa shape index (κ2) is 8.53. The zero-order valence-corrected chi connectivity index (χ0v) is 16.7. The molecule has 1 N–H and O–H groups in total. The molecule has 0 radical (unpaired) electrons. The van der Waals surface area contributed by atoms with E-state index in [1.807, 2.05) is 0 Å². The van der Waals surface area contributed by atoms with Crippen molar-refractivity contribution in [2.75, 3.05) is 5.32 Å². The molecular weight excluding hydrogens is 423 g/mol. The van der Waals surface area contributed by atoms with Crippen molar-refractivity contribution in [1.82, 2.24) is 29.5 Å². The monoisotopic (exact) mass is 439 g/mol. The van der Waals surface area contributed by atoms with Gasteiger partial charge in [0.15, 0.2) is 0 Å². The topological polar surface area (TPSA) is 98.5 Å². The molecule has 0 unspecified atom stereocenters. The Balaban J connectivity index is 1.45. The van der Waals surface area contributed by atoms with Crippen molar-refractivity contribution in [1.29, 1.82) is 0 Å². The van der Waals surface area contributed by atoms with Crippen LogP contribution in [0.5, 0.6) is 0 Å². The van der Waals surface area contributed by atoms with Gasteiger partial charge in [-0.1, -0.05) is 0 Å². The fourth-order valence-electron chi connectivity index (χ4n) is 3.02. The minimum Gasteiger partial charge on any atom is -0.325 e. The number of pyridine rings is 2. The summed E-state index contributed by atoms with van der Waals surface area (Å²) in [5.74, 6) is -0.00732. The van der Waals surface area contributed by atoms with Crippen LogP contribution in [-0.4, -0.2) is 35.4 Å². The molecule has 4 rings (SSSR count). The van der Waals surface area contributed by atoms with Crippen LogP contribution in [0.4, 0.5) is 19.0 Å². The largest absolute Gasteiger partial charge is 0.433 e. The van der Waals surface area contributed by atoms with E-state index in [2.05, 4.69) is 30.2 Å². The second-order valence-corrected chi connectivity index (χ2v) is 6.80. The Kier molecular flexibility index (Phi) is 5.63. The number of nitrogens with one attached hydrogen (secondary N) is 1. The number of rotatable bonds is 5. The lowest BCUT2D eigenvalue weighted by molar-refractivity contribution is -0.141. The normalized spacial score (nSPS) is 11.4. The number of alkyl halides is 3. The summed E-state index contributed by atoms with van der Waals surface area (Å²) in [7, 11) is 0. The number of amides is 1. The summed E-state index contributed by atoms with van der Waals surface area (Å²) in [6.45, 7) is 1.60. The van der Waals surface area contributed by atoms with Gasteiger partial charge in [0.1, 0.15) is 18.1 Å². The highest BCUT2D eigenvalue weighted by atomic mass is 19.4. The third-order valence-electron chi connectivity index (χ3n) is 4.63. The minimum absolute atomic E-state index is 0.0797. The maximum absolute atomic E-state index is 12.9. The molecule has 162 valence electrons. The Morgan fingerprint density at radius 2 is 1.84 bits per heavy atom. The molecular formula is C21H16F3N7O. The summed E-state index contributed by atoms with van der Waals surface area (Å²) < 4.78 is 40.4. The molecule has 4 aromatic rings. The van der Waals surface area contributed by atoms with Gasteiger partial charge in [-0.3, -0.25) is 19.7 Å². The van der Waals surface area contributed by atoms with Gasteiger partial charge in [0.25, 0.3) is 0 Å². The molecule has 0 saturated carbocycles. The predicted octanol–water partition coefficient (Wildman–Crippen LogP) is 3.76. The van der Waals surface area contributed by atoms with Gasteiger partial charge in [-0.2, -0.15) is 13.2 Å². The van der Waals surface area contributed by atoms with Crippen molar-refractivity contribution >= 4 is 11.7 Å². The molecule has 0 saturated heterocycles. The van der Waals surface area contributed by atoms with E-state index >= 15 is 0 Å². The van der Waals surface area contributed by atoms with E-state index in [1.165, 1.54) is 12.4 Å². The van der Waals surface area contributed by atoms with Crippen LogP contribution in [0.25, 0.3) is 22.5 Å². The van der Waals surface area contributed by atoms with Crippen LogP contribution in [0.1, 0.15) is 11.4 Å². The van der Waals surface area contributed by atoms with E-state index in [4.69, 9.17) is 0 Å². The molecule has 0 aliphatic carbocycles. The molecule has 4 heterocycles. The summed E-state index contributed by atoms with van der Waals surface area (Å²) in [5.41, 5.74) is 1.57. The molecule has 32 heavy (non-hydrogen) atoms. The van der Waals surface area contributed by atoms with E-state index in [0.29, 0.717) is 22.9 Å². The van der Waals surface area contributed by atoms with Gasteiger partial charge in [-0.25, -0.2) is 9.97 Å². The van der Waals surface area contributed by atoms with Crippen molar-refractivity contribution in [3.05, 3.63) is 73.0 Å². The first kappa shape index (κ1) is 21.1. The van der Waals surface area contributed by atoms with Gasteiger partial charge in [0, 0.05) is 41.6 Å². The van der Waals surface area contributed by atoms with E-state index < -0.39 is 11.9 Å². The molecule has 0 atom stereocenters. The Morgan fingerprint density at radius 3 is 2.53 bits per heavy atom. The average molecular weight is 439 g/mol. The van der Waals surface area contributed by atoms with Crippen LogP contribution in [0.3, 0.4) is 0 Å². The number of anilines is 1. The summed E-state index contributed by atoms with van der Waals surface area (Å²) in [6.07, 6.45) is 4.25. The van der Waals surface area contributed by atoms with Gasteiger partial charge in [-0.05, 0) is 31.2 Å². The molecule has 11 heteroatoms. The quantitative estimate of drug-likeness (QED) is 0.508. The van der Waals surface area contributed by atoms with Gasteiger partial charge in [0.05, 0.1) is 23.9 Å². The number of carbonyl (C=O) groups is 1. The summed E-state index contributed by atoms with van der Waals surface area (Å²) >= 11 is 0. The SMILES string of the molecule is Cc1c(-c2ccnc(C(F)(F)F)c2)ncn1CC(=O)Nc1ccc(-c2cnccn2)cn1. The van der Waals surface area contributed by atoms with Crippen molar-refractivity contribution < 1.29 is 18.0 Å². The van der Waals surface area contributed by atoms with Crippen LogP contribution in [0, 0.1) is 6.92 Å². The molecule has 0 fully saturated rings. The van der Waals surface area contributed by atoms with Crippen LogP contribution in [-0.2, 0) is 17.5 Å². The fourth-order valence-corrected chi connectivity index (χ4v) is 3.02. The minimum atomic E-state index is -4.55. The van der Waals surface area contributed by atoms with Crippen molar-refractivity contribution in [3.8, 4) is 22.5 Å². The lowest BCUT2D eigenvalue weighted by Gasteiger charge is -2.09. The van der Waals surface area contributed by atoms with Crippen LogP contribution < -0.4 is 5.32 Å². The number of nitrogens with zero attached hydrogens (tertiary/aromatic N) is 6. The highest BCUT2D eigenvalue weighted by molar-refractivity contribution is 5.89. The number of hydrogen-bond donors (Lipinski definition) is 1. The third-order valence-corrected chi connectivity index (χ3v) is 4.63. The summed E-state index contributed by atoms with van der Waals surface area (Å²) in [4.78, 5) is 32.4. The first-order chi connectivity index (χ1) is 15.3. The number of aromatic nitrogens is 6. The smallest absolute Gasteiger partial charge is 0.325 e. The van der Waals surface area contributed by atoms with E-state index in [-0.39, 0.29) is 18.0 Å². The number of hydrogen-bond acceptors (Lipinski definition) is 6. The molecule has 1 amide bonds. The molecule has 0 aliphatic rings. The van der Waals surface area contributed by atoms with Crippen molar-refractivity contribution in [2.45, 2.75) is 19.6 Å². The molecule has 0 aliphatic heterocycles. The maximum Gasteiger partial charge on any atom is 0.433 e. The van der Waals surface area contributed by atoms with Crippen molar-refractivity contribution in [3.63, 3.8) is 0 Å². The van der Waals surface area contributed by atoms with Gasteiger partial charge >= 0.3 is 6.18 Å². The Morgan fingerprint density at radius 1 is 1.00 bits per heavy atom. The molecule has 0 aromatic carbocycles. The van der Waals surface area contributed by atoms with E-state index in [1.54, 1.807) is 48.4 Å². The standard InChI is InChI=1S/C21H16F3N7O/c1-13-20(14-4-5-27-17(8-14)21(22,23)24)29-12-31(13)11-19(32)30-18-3-2-15(9-28-18)16-10-25-6-7-26-16/h2-10,12H,11H2,1H3,(H,28,30,32). The van der Waals surface area contributed by atoms with Crippen molar-refractivity contribution in [2.24, 2.45) is 0 Å². The van der Waals surface area contributed by atoms with E-state index in [9.17, 15) is 18.0 Å². The molecule has 4 aromatic heterocycles. The highest BCUT2D eigenvalue weighted by Crippen LogP contribution is 2.31. The van der Waals surface area contributed by atoms with Crippen LogP contribution in [0.15, 0.2) is 61.6 Å². The molecule has 0 spiro atoms. The Bertz CT molecular complexity index is 1240. The lowest BCUT2D eigenvalue weighted by atomic mass is 10.1. The Hall–Kier alpha value is -4.15. The van der Waals surface area contributed by atoms with Gasteiger partial charge in [-0.15, -0.1) is 0 Å². The Labute approximate surface area is 180 Å². The molecule has 0 bridgehead atoms. The summed E-state index contributed by atoms with van der Waals surface area (Å²) in [6, 6.07) is 5.78. The average Bonchev–Trinajstić information content (AvgIpc) is 3.14. The first-order valence-electron chi connectivity index (χ1n) is 9.39. The second-order valence-electron chi connectivity index (χ2n) is 6.80. The number of imidazole rings is 1.